The molecule has 2 N–H and O–H groups in total. The molecule has 0 aliphatic heterocycles. The molecule has 2 atom stereocenters. The van der Waals surface area contributed by atoms with Crippen LogP contribution in [-0.4, -0.2) is 38.0 Å². The Bertz CT molecular complexity index is 1180. The van der Waals surface area contributed by atoms with Crippen molar-refractivity contribution in [3.05, 3.63) is 65.6 Å². The van der Waals surface area contributed by atoms with E-state index in [9.17, 15) is 14.7 Å². The van der Waals surface area contributed by atoms with Crippen LogP contribution in [0, 0.1) is 12.8 Å². The molecule has 0 saturated heterocycles. The van der Waals surface area contributed by atoms with E-state index in [1.807, 2.05) is 56.4 Å². The van der Waals surface area contributed by atoms with E-state index in [1.54, 1.807) is 10.9 Å². The van der Waals surface area contributed by atoms with Gasteiger partial charge in [0.15, 0.2) is 0 Å². The van der Waals surface area contributed by atoms with E-state index in [2.05, 4.69) is 10.4 Å². The topological polar surface area (TPSA) is 116 Å². The van der Waals surface area contributed by atoms with Gasteiger partial charge in [0, 0.05) is 12.6 Å². The summed E-state index contributed by atoms with van der Waals surface area (Å²) < 4.78 is 13.1. The average molecular weight is 479 g/mol. The molecule has 4 rings (SSSR count). The number of pyridine rings is 1. The van der Waals surface area contributed by atoms with Crippen LogP contribution >= 0.6 is 0 Å². The summed E-state index contributed by atoms with van der Waals surface area (Å²) in [7, 11) is 1.81. The van der Waals surface area contributed by atoms with Gasteiger partial charge in [-0.15, -0.1) is 0 Å². The third kappa shape index (κ3) is 6.17. The number of hydrogen-bond acceptors (Lipinski definition) is 6. The molecule has 35 heavy (non-hydrogen) atoms. The maximum Gasteiger partial charge on any atom is 0.407 e. The Balaban J connectivity index is 1.39. The van der Waals surface area contributed by atoms with E-state index >= 15 is 0 Å². The third-order valence-electron chi connectivity index (χ3n) is 6.26. The van der Waals surface area contributed by atoms with Gasteiger partial charge in [0.2, 0.25) is 0 Å². The summed E-state index contributed by atoms with van der Waals surface area (Å²) in [5.41, 5.74) is 3.93. The summed E-state index contributed by atoms with van der Waals surface area (Å²) in [5, 5.41) is 16.4. The standard InChI is InChI=1S/C26H30N4O5/c1-17-24(35-20-10-6-9-19(13-20)25(31)32)12-11-22(29-17)21-14-28-30(2)23(21)15-27-26(33)34-16-18-7-4-3-5-8-18/h3-5,7-8,11-12,14,19-20H,6,9-10,13,15-16H2,1-2H3,(H,27,33)(H,31,32)/t19-,20-/m0/s1. The van der Waals surface area contributed by atoms with Gasteiger partial charge in [-0.1, -0.05) is 30.3 Å². The summed E-state index contributed by atoms with van der Waals surface area (Å²) in [6.45, 7) is 2.30. The number of benzene rings is 1. The van der Waals surface area contributed by atoms with Crippen molar-refractivity contribution in [1.82, 2.24) is 20.1 Å². The number of amides is 1. The zero-order valence-corrected chi connectivity index (χ0v) is 19.9. The molecule has 0 radical (unpaired) electrons. The van der Waals surface area contributed by atoms with Gasteiger partial charge in [-0.05, 0) is 50.3 Å². The van der Waals surface area contributed by atoms with Gasteiger partial charge in [-0.25, -0.2) is 9.78 Å². The minimum absolute atomic E-state index is 0.128. The maximum atomic E-state index is 12.2. The van der Waals surface area contributed by atoms with E-state index in [0.29, 0.717) is 30.0 Å². The second-order valence-electron chi connectivity index (χ2n) is 8.77. The number of carbonyl (C=O) groups is 2. The summed E-state index contributed by atoms with van der Waals surface area (Å²) in [4.78, 5) is 28.2. The number of alkyl carbamates (subject to hydrolysis) is 1. The quantitative estimate of drug-likeness (QED) is 0.497. The van der Waals surface area contributed by atoms with Crippen LogP contribution in [0.1, 0.15) is 42.6 Å². The lowest BCUT2D eigenvalue weighted by Crippen LogP contribution is -2.29. The molecule has 1 aromatic carbocycles. The SMILES string of the molecule is Cc1nc(-c2cnn(C)c2CNC(=O)OCc2ccccc2)ccc1O[C@H]1CCC[C@H](C(=O)O)C1. The zero-order valence-electron chi connectivity index (χ0n) is 19.9. The fraction of sp³-hybridized carbons (Fsp3) is 0.385. The van der Waals surface area contributed by atoms with Crippen molar-refractivity contribution in [2.45, 2.75) is 51.9 Å². The fourth-order valence-corrected chi connectivity index (χ4v) is 4.30. The second kappa shape index (κ2) is 11.0. The molecule has 9 nitrogen and oxygen atoms in total. The minimum Gasteiger partial charge on any atom is -0.489 e. The number of carboxylic acid groups (broad SMARTS) is 1. The van der Waals surface area contributed by atoms with E-state index in [1.165, 1.54) is 0 Å². The first kappa shape index (κ1) is 24.3. The van der Waals surface area contributed by atoms with Crippen LogP contribution in [0.2, 0.25) is 0 Å². The van der Waals surface area contributed by atoms with Gasteiger partial charge in [0.25, 0.3) is 0 Å². The van der Waals surface area contributed by atoms with Crippen molar-refractivity contribution in [1.29, 1.82) is 0 Å². The first-order chi connectivity index (χ1) is 16.9. The van der Waals surface area contributed by atoms with E-state index in [4.69, 9.17) is 14.5 Å². The fourth-order valence-electron chi connectivity index (χ4n) is 4.30. The Labute approximate surface area is 204 Å². The van der Waals surface area contributed by atoms with E-state index in [-0.39, 0.29) is 25.2 Å². The van der Waals surface area contributed by atoms with Crippen LogP contribution in [0.15, 0.2) is 48.7 Å². The Morgan fingerprint density at radius 1 is 1.17 bits per heavy atom. The summed E-state index contributed by atoms with van der Waals surface area (Å²) in [5.74, 6) is -0.464. The van der Waals surface area contributed by atoms with E-state index in [0.717, 1.165) is 29.7 Å². The number of hydrogen-bond donors (Lipinski definition) is 2. The Hall–Kier alpha value is -3.88. The van der Waals surface area contributed by atoms with Crippen molar-refractivity contribution in [3.8, 4) is 17.0 Å². The number of ether oxygens (including phenoxy) is 2. The summed E-state index contributed by atoms with van der Waals surface area (Å²) in [6.07, 6.45) is 3.96. The van der Waals surface area contributed by atoms with Gasteiger partial charge < -0.3 is 19.9 Å². The van der Waals surface area contributed by atoms with Gasteiger partial charge in [-0.3, -0.25) is 9.48 Å². The van der Waals surface area contributed by atoms with Gasteiger partial charge >= 0.3 is 12.1 Å². The Kier molecular flexibility index (Phi) is 7.64. The Morgan fingerprint density at radius 3 is 2.71 bits per heavy atom. The number of aromatic nitrogens is 3. The molecule has 1 amide bonds. The average Bonchev–Trinajstić information content (AvgIpc) is 3.23. The van der Waals surface area contributed by atoms with Crippen LogP contribution in [-0.2, 0) is 29.7 Å². The number of aliphatic carboxylic acids is 1. The number of rotatable bonds is 8. The van der Waals surface area contributed by atoms with Gasteiger partial charge in [-0.2, -0.15) is 5.10 Å². The molecule has 1 aliphatic carbocycles. The largest absolute Gasteiger partial charge is 0.489 e. The number of carboxylic acids is 1. The van der Waals surface area contributed by atoms with Crippen LogP contribution in [0.3, 0.4) is 0 Å². The van der Waals surface area contributed by atoms with Gasteiger partial charge in [0.05, 0.1) is 41.8 Å². The van der Waals surface area contributed by atoms with Crippen LogP contribution in [0.4, 0.5) is 4.79 Å². The maximum absolute atomic E-state index is 12.2. The molecule has 0 bridgehead atoms. The molecule has 184 valence electrons. The molecule has 0 spiro atoms. The third-order valence-corrected chi connectivity index (χ3v) is 6.26. The molecule has 2 aromatic heterocycles. The lowest BCUT2D eigenvalue weighted by atomic mass is 9.87. The summed E-state index contributed by atoms with van der Waals surface area (Å²) in [6, 6.07) is 13.2. The first-order valence-corrected chi connectivity index (χ1v) is 11.7. The molecule has 9 heteroatoms. The van der Waals surface area contributed by atoms with Crippen LogP contribution in [0.5, 0.6) is 5.75 Å². The normalized spacial score (nSPS) is 17.5. The molecule has 1 saturated carbocycles. The second-order valence-corrected chi connectivity index (χ2v) is 8.77. The predicted octanol–water partition coefficient (Wildman–Crippen LogP) is 4.24. The lowest BCUT2D eigenvalue weighted by molar-refractivity contribution is -0.143. The monoisotopic (exact) mass is 478 g/mol. The molecular formula is C26H30N4O5. The highest BCUT2D eigenvalue weighted by Gasteiger charge is 2.28. The summed E-state index contributed by atoms with van der Waals surface area (Å²) >= 11 is 0. The van der Waals surface area contributed by atoms with Crippen molar-refractivity contribution in [2.75, 3.05) is 0 Å². The highest BCUT2D eigenvalue weighted by atomic mass is 16.5. The molecule has 1 aliphatic rings. The molecular weight excluding hydrogens is 448 g/mol. The van der Waals surface area contributed by atoms with Crippen molar-refractivity contribution in [2.24, 2.45) is 13.0 Å². The van der Waals surface area contributed by atoms with E-state index < -0.39 is 12.1 Å². The number of nitrogens with zero attached hydrogens (tertiary/aromatic N) is 3. The highest BCUT2D eigenvalue weighted by molar-refractivity contribution is 5.70. The number of aryl methyl sites for hydroxylation is 2. The van der Waals surface area contributed by atoms with Gasteiger partial charge in [0.1, 0.15) is 12.4 Å². The molecule has 3 aromatic rings. The Morgan fingerprint density at radius 2 is 1.97 bits per heavy atom. The van der Waals surface area contributed by atoms with Crippen molar-refractivity contribution >= 4 is 12.1 Å². The lowest BCUT2D eigenvalue weighted by Gasteiger charge is -2.27. The van der Waals surface area contributed by atoms with Crippen molar-refractivity contribution < 1.29 is 24.2 Å². The first-order valence-electron chi connectivity index (χ1n) is 11.7. The van der Waals surface area contributed by atoms with Crippen molar-refractivity contribution in [3.63, 3.8) is 0 Å². The highest BCUT2D eigenvalue weighted by Crippen LogP contribution is 2.31. The number of carbonyl (C=O) groups excluding carboxylic acids is 1. The van der Waals surface area contributed by atoms with Crippen LogP contribution in [0.25, 0.3) is 11.3 Å². The molecule has 1 fully saturated rings. The molecule has 2 heterocycles. The van der Waals surface area contributed by atoms with Crippen LogP contribution < -0.4 is 10.1 Å². The zero-order chi connectivity index (χ0) is 24.8. The predicted molar refractivity (Wildman–Crippen MR) is 129 cm³/mol. The molecule has 0 unspecified atom stereocenters. The smallest absolute Gasteiger partial charge is 0.407 e. The minimum atomic E-state index is -0.759. The number of nitrogens with one attached hydrogen (secondary N) is 1.